The first-order valence-corrected chi connectivity index (χ1v) is 23.5. The number of aryl methyl sites for hydroxylation is 1. The fourth-order valence-corrected chi connectivity index (χ4v) is 9.05. The molecular formula is C62H57N5OPt-2. The molecule has 0 N–H and O–H groups in total. The van der Waals surface area contributed by atoms with E-state index in [1.807, 2.05) is 33.6 Å². The van der Waals surface area contributed by atoms with Gasteiger partial charge in [-0.1, -0.05) is 194 Å². The van der Waals surface area contributed by atoms with E-state index >= 15 is 0 Å². The van der Waals surface area contributed by atoms with E-state index in [0.717, 1.165) is 78.2 Å². The van der Waals surface area contributed by atoms with Crippen molar-refractivity contribution in [2.24, 2.45) is 0 Å². The van der Waals surface area contributed by atoms with Gasteiger partial charge in [-0.15, -0.1) is 34.9 Å². The van der Waals surface area contributed by atoms with Gasteiger partial charge >= 0.3 is 0 Å². The molecule has 7 aromatic carbocycles. The van der Waals surface area contributed by atoms with Crippen LogP contribution in [0.3, 0.4) is 0 Å². The van der Waals surface area contributed by atoms with Crippen LogP contribution in [0.25, 0.3) is 72.6 Å². The predicted molar refractivity (Wildman–Crippen MR) is 277 cm³/mol. The first-order valence-electron chi connectivity index (χ1n) is 23.5. The van der Waals surface area contributed by atoms with E-state index in [9.17, 15) is 0 Å². The van der Waals surface area contributed by atoms with E-state index in [2.05, 4.69) is 232 Å². The third-order valence-electron chi connectivity index (χ3n) is 12.9. The molecule has 0 fully saturated rings. The van der Waals surface area contributed by atoms with Crippen LogP contribution in [0.15, 0.2) is 164 Å². The van der Waals surface area contributed by atoms with Crippen molar-refractivity contribution < 1.29 is 30.5 Å². The van der Waals surface area contributed by atoms with Crippen LogP contribution in [0.5, 0.6) is 11.5 Å². The molecule has 0 aliphatic rings. The van der Waals surface area contributed by atoms with Crippen molar-refractivity contribution in [1.29, 1.82) is 0 Å². The smallest absolute Gasteiger partial charge is 0.272 e. The van der Waals surface area contributed by atoms with E-state index in [4.69, 9.17) is 14.8 Å². The Kier molecular flexibility index (Phi) is 12.5. The maximum Gasteiger partial charge on any atom is 0.272 e. The molecule has 0 saturated heterocycles. The van der Waals surface area contributed by atoms with Crippen LogP contribution >= 0.6 is 0 Å². The summed E-state index contributed by atoms with van der Waals surface area (Å²) in [5, 5.41) is 7.64. The van der Waals surface area contributed by atoms with Gasteiger partial charge in [-0.05, 0) is 85.7 Å². The van der Waals surface area contributed by atoms with E-state index < -0.39 is 0 Å². The number of benzene rings is 7. The van der Waals surface area contributed by atoms with Crippen LogP contribution < -0.4 is 9.42 Å². The second-order valence-electron chi connectivity index (χ2n) is 20.9. The summed E-state index contributed by atoms with van der Waals surface area (Å²) in [6, 6.07) is 62.6. The number of rotatable bonds is 8. The second kappa shape index (κ2) is 18.2. The molecule has 0 atom stereocenters. The average Bonchev–Trinajstić information content (AvgIpc) is 3.91. The van der Waals surface area contributed by atoms with E-state index in [0.29, 0.717) is 11.5 Å². The molecular weight excluding hydrogens is 1030 g/mol. The van der Waals surface area contributed by atoms with Gasteiger partial charge in [-0.3, -0.25) is 0 Å². The quantitative estimate of drug-likeness (QED) is 0.113. The summed E-state index contributed by atoms with van der Waals surface area (Å²) in [7, 11) is 0. The van der Waals surface area contributed by atoms with Gasteiger partial charge in [0.2, 0.25) is 0 Å². The van der Waals surface area contributed by atoms with E-state index in [1.165, 1.54) is 16.7 Å². The van der Waals surface area contributed by atoms with Crippen molar-refractivity contribution in [2.45, 2.75) is 85.5 Å². The largest absolute Gasteiger partial charge is 0.510 e. The molecule has 0 spiro atoms. The van der Waals surface area contributed by atoms with Gasteiger partial charge in [0.25, 0.3) is 6.33 Å². The molecule has 0 aliphatic carbocycles. The maximum absolute atomic E-state index is 6.94. The van der Waals surface area contributed by atoms with Crippen molar-refractivity contribution >= 4 is 21.8 Å². The first-order chi connectivity index (χ1) is 32.5. The Morgan fingerprint density at radius 1 is 0.565 bits per heavy atom. The second-order valence-corrected chi connectivity index (χ2v) is 20.9. The number of ether oxygens (including phenoxy) is 1. The van der Waals surface area contributed by atoms with Gasteiger partial charge in [0.1, 0.15) is 5.82 Å². The number of nitrogens with zero attached hydrogens (tertiary/aromatic N) is 5. The minimum Gasteiger partial charge on any atom is -0.510 e. The maximum atomic E-state index is 6.94. The van der Waals surface area contributed by atoms with Gasteiger partial charge in [0.05, 0.1) is 5.69 Å². The number of aromatic nitrogens is 5. The third-order valence-corrected chi connectivity index (χ3v) is 12.9. The van der Waals surface area contributed by atoms with Gasteiger partial charge in [0, 0.05) is 49.8 Å². The molecule has 0 radical (unpaired) electrons. The molecule has 0 unspecified atom stereocenters. The van der Waals surface area contributed by atoms with Gasteiger partial charge in [0.15, 0.2) is 5.82 Å². The Balaban J connectivity index is 0.00000593. The molecule has 6 nitrogen and oxygen atoms in total. The Morgan fingerprint density at radius 2 is 1.19 bits per heavy atom. The molecule has 0 aliphatic heterocycles. The first kappa shape index (κ1) is 47.2. The van der Waals surface area contributed by atoms with Crippen molar-refractivity contribution in [1.82, 2.24) is 19.2 Å². The van der Waals surface area contributed by atoms with Crippen LogP contribution in [0.1, 0.15) is 84.6 Å². The Hall–Kier alpha value is -6.88. The molecule has 7 heteroatoms. The molecule has 10 rings (SSSR count). The van der Waals surface area contributed by atoms with Gasteiger partial charge in [-0.25, -0.2) is 4.98 Å². The summed E-state index contributed by atoms with van der Waals surface area (Å²) >= 11 is 0. The summed E-state index contributed by atoms with van der Waals surface area (Å²) in [6.45, 7) is 22.4. The van der Waals surface area contributed by atoms with Gasteiger partial charge in [-0.2, -0.15) is 16.8 Å². The topological polar surface area (TPSA) is 48.8 Å². The number of hydrogen-bond donors (Lipinski definition) is 0. The number of pyridine rings is 1. The van der Waals surface area contributed by atoms with Crippen LogP contribution in [0.4, 0.5) is 0 Å². The van der Waals surface area contributed by atoms with Crippen LogP contribution in [-0.4, -0.2) is 19.2 Å². The molecule has 10 aromatic rings. The van der Waals surface area contributed by atoms with Crippen molar-refractivity contribution in [3.05, 3.63) is 205 Å². The van der Waals surface area contributed by atoms with Gasteiger partial charge < -0.3 is 13.9 Å². The zero-order valence-electron chi connectivity index (χ0n) is 41.0. The fraction of sp³-hybridized carbons (Fsp3) is 0.210. The number of fused-ring (bicyclic) bond motifs is 3. The number of para-hydroxylation sites is 1. The van der Waals surface area contributed by atoms with Crippen molar-refractivity contribution in [3.8, 4) is 62.3 Å². The van der Waals surface area contributed by atoms with Crippen molar-refractivity contribution in [3.63, 3.8) is 0 Å². The molecule has 3 aromatic heterocycles. The predicted octanol–water partition coefficient (Wildman–Crippen LogP) is 15.0. The Morgan fingerprint density at radius 3 is 1.86 bits per heavy atom. The summed E-state index contributed by atoms with van der Waals surface area (Å²) in [5.74, 6) is 2.66. The minimum absolute atomic E-state index is 0. The standard InChI is InChI=1S/C62H57N5O.Pt/c1-41-21-19-29-51(42-22-13-11-14-23-42)57(41)59-64-66(48-34-45(61(5,6)7)33-46(35-48)62(8,9)10)40-65(59)47-26-20-27-49(37-47)68-50-38-53(43-24-15-12-16-25-43)58-52-28-17-18-30-54(52)67(55(58)39-50)56-36-44(31-32-63-56)60(2,3)4;/h11-36,38H,1-10H3;/q-2;. The summed E-state index contributed by atoms with van der Waals surface area (Å²) in [4.78, 5) is 4.96. The van der Waals surface area contributed by atoms with Crippen LogP contribution in [0.2, 0.25) is 0 Å². The fourth-order valence-electron chi connectivity index (χ4n) is 9.05. The summed E-state index contributed by atoms with van der Waals surface area (Å²) in [6.07, 6.45) is 5.60. The van der Waals surface area contributed by atoms with Crippen LogP contribution in [0, 0.1) is 25.4 Å². The minimum atomic E-state index is -0.0837. The zero-order chi connectivity index (χ0) is 47.5. The normalized spacial score (nSPS) is 12.1. The van der Waals surface area contributed by atoms with E-state index in [1.54, 1.807) is 0 Å². The molecule has 69 heavy (non-hydrogen) atoms. The van der Waals surface area contributed by atoms with Crippen LogP contribution in [-0.2, 0) is 37.3 Å². The monoisotopic (exact) mass is 1080 g/mol. The number of hydrogen-bond acceptors (Lipinski definition) is 3. The van der Waals surface area contributed by atoms with E-state index in [-0.39, 0.29) is 37.3 Å². The molecule has 0 bridgehead atoms. The molecule has 0 saturated carbocycles. The Bertz CT molecular complexity index is 3460. The Labute approximate surface area is 421 Å². The van der Waals surface area contributed by atoms with Crippen molar-refractivity contribution in [2.75, 3.05) is 0 Å². The average molecular weight is 1080 g/mol. The SMILES string of the molecule is Cc1cccc(-c2ccccc2)c1-c1n[n+](-c2cc(C(C)(C)C)cc(C(C)(C)C)c2)[c-]n1-c1[c-]c(Oc2[c-]c3c(c(-c4ccccc4)c2)c2ccccc2n3-c2cc(C(C)(C)C)ccn2)ccc1.[Pt]. The molecule has 3 heterocycles. The summed E-state index contributed by atoms with van der Waals surface area (Å²) < 4.78 is 13.1. The third kappa shape index (κ3) is 9.23. The summed E-state index contributed by atoms with van der Waals surface area (Å²) in [5.41, 5.74) is 13.5. The zero-order valence-corrected chi connectivity index (χ0v) is 43.3. The molecule has 348 valence electrons. The molecule has 0 amide bonds.